The van der Waals surface area contributed by atoms with Gasteiger partial charge in [0.05, 0.1) is 5.56 Å². The number of benzene rings is 3. The first-order chi connectivity index (χ1) is 12.9. The van der Waals surface area contributed by atoms with Crippen molar-refractivity contribution in [2.24, 2.45) is 0 Å². The Kier molecular flexibility index (Phi) is 4.06. The van der Waals surface area contributed by atoms with Crippen LogP contribution in [0.5, 0.6) is 5.75 Å². The minimum absolute atomic E-state index is 0.0594. The summed E-state index contributed by atoms with van der Waals surface area (Å²) in [7, 11) is 0. The lowest BCUT2D eigenvalue weighted by Crippen LogP contribution is -2.05. The average Bonchev–Trinajstić information content (AvgIpc) is 2.66. The number of aromatic hydroxyl groups is 1. The number of halogens is 2. The molecule has 0 unspecified atom stereocenters. The summed E-state index contributed by atoms with van der Waals surface area (Å²) in [4.78, 5) is 23.7. The second-order valence-electron chi connectivity index (χ2n) is 5.86. The second kappa shape index (κ2) is 6.30. The number of fused-ring (bicyclic) bond motifs is 2. The van der Waals surface area contributed by atoms with Gasteiger partial charge in [0.15, 0.2) is 11.3 Å². The quantitative estimate of drug-likeness (QED) is 0.447. The Hall–Kier alpha value is -3.02. The number of carboxylic acids is 1. The molecule has 27 heavy (non-hydrogen) atoms. The normalized spacial score (nSPS) is 11.2. The van der Waals surface area contributed by atoms with Crippen LogP contribution in [-0.2, 0) is 0 Å². The van der Waals surface area contributed by atoms with Crippen molar-refractivity contribution in [1.82, 2.24) is 0 Å². The Balaban J connectivity index is 2.29. The van der Waals surface area contributed by atoms with Gasteiger partial charge in [0.25, 0.3) is 0 Å². The molecule has 0 amide bonds. The van der Waals surface area contributed by atoms with Gasteiger partial charge in [0.2, 0.25) is 5.43 Å². The van der Waals surface area contributed by atoms with Gasteiger partial charge in [-0.2, -0.15) is 0 Å². The number of hydrogen-bond donors (Lipinski definition) is 2. The summed E-state index contributed by atoms with van der Waals surface area (Å²) in [6, 6.07) is 12.2. The van der Waals surface area contributed by atoms with Gasteiger partial charge < -0.3 is 14.6 Å². The fourth-order valence-electron chi connectivity index (χ4n) is 3.10. The first kappa shape index (κ1) is 17.4. The molecule has 0 aromatic heterocycles. The molecule has 1 heterocycles. The molecule has 0 saturated heterocycles. The van der Waals surface area contributed by atoms with E-state index in [1.54, 1.807) is 24.3 Å². The SMILES string of the molecule is O=C(O)c1ccccc1-c1c2ccc(=O)c(Cl)c-2oc2c(Cl)c(O)ccc12. The number of aromatic carboxylic acids is 1. The molecule has 0 atom stereocenters. The highest BCUT2D eigenvalue weighted by atomic mass is 35.5. The molecule has 1 aliphatic carbocycles. The Morgan fingerprint density at radius 2 is 1.67 bits per heavy atom. The van der Waals surface area contributed by atoms with E-state index in [0.717, 1.165) is 0 Å². The molecule has 2 aromatic carbocycles. The number of carboxylic acid groups (broad SMARTS) is 1. The monoisotopic (exact) mass is 400 g/mol. The number of hydrogen-bond acceptors (Lipinski definition) is 4. The highest BCUT2D eigenvalue weighted by molar-refractivity contribution is 6.37. The molecule has 0 bridgehead atoms. The minimum Gasteiger partial charge on any atom is -0.506 e. The maximum Gasteiger partial charge on any atom is 0.336 e. The standard InChI is InChI=1S/C20H10Cl2O5/c21-16-13(23)7-5-11-15(9-3-1-2-4-10(9)20(25)26)12-6-8-14(24)17(22)19(12)27-18(11)16/h1-8,23H,(H,25,26). The van der Waals surface area contributed by atoms with E-state index in [0.29, 0.717) is 22.1 Å². The largest absolute Gasteiger partial charge is 0.506 e. The first-order valence-electron chi connectivity index (χ1n) is 7.79. The highest BCUT2D eigenvalue weighted by Gasteiger charge is 2.25. The smallest absolute Gasteiger partial charge is 0.336 e. The lowest BCUT2D eigenvalue weighted by molar-refractivity contribution is 0.0697. The molecule has 2 aromatic rings. The molecule has 0 radical (unpaired) electrons. The van der Waals surface area contributed by atoms with Crippen molar-refractivity contribution in [1.29, 1.82) is 0 Å². The van der Waals surface area contributed by atoms with Gasteiger partial charge in [-0.3, -0.25) is 4.79 Å². The topological polar surface area (TPSA) is 87.7 Å². The molecule has 2 aliphatic rings. The van der Waals surface area contributed by atoms with Crippen LogP contribution >= 0.6 is 23.2 Å². The van der Waals surface area contributed by atoms with Gasteiger partial charge in [-0.25, -0.2) is 4.79 Å². The second-order valence-corrected chi connectivity index (χ2v) is 6.61. The number of phenols is 1. The van der Waals surface area contributed by atoms with Gasteiger partial charge in [-0.1, -0.05) is 41.4 Å². The van der Waals surface area contributed by atoms with Crippen LogP contribution in [0.2, 0.25) is 10.0 Å². The predicted octanol–water partition coefficient (Wildman–Crippen LogP) is 5.28. The van der Waals surface area contributed by atoms with E-state index in [4.69, 9.17) is 27.6 Å². The maximum absolute atomic E-state index is 12.0. The van der Waals surface area contributed by atoms with E-state index in [-0.39, 0.29) is 32.7 Å². The third-order valence-electron chi connectivity index (χ3n) is 4.31. The lowest BCUT2D eigenvalue weighted by atomic mass is 9.91. The van der Waals surface area contributed by atoms with Crippen molar-refractivity contribution < 1.29 is 19.4 Å². The van der Waals surface area contributed by atoms with Crippen LogP contribution in [0, 0.1) is 0 Å². The average molecular weight is 401 g/mol. The predicted molar refractivity (Wildman–Crippen MR) is 103 cm³/mol. The number of carbonyl (C=O) groups is 1. The molecule has 2 N–H and O–H groups in total. The number of rotatable bonds is 2. The van der Waals surface area contributed by atoms with Crippen LogP contribution in [0.4, 0.5) is 0 Å². The molecular formula is C20H10Cl2O5. The van der Waals surface area contributed by atoms with Crippen LogP contribution in [0.1, 0.15) is 10.4 Å². The van der Waals surface area contributed by atoms with Gasteiger partial charge in [0, 0.05) is 16.5 Å². The van der Waals surface area contributed by atoms with E-state index in [1.165, 1.54) is 24.3 Å². The molecular weight excluding hydrogens is 391 g/mol. The van der Waals surface area contributed by atoms with Crippen molar-refractivity contribution in [2.75, 3.05) is 0 Å². The zero-order valence-electron chi connectivity index (χ0n) is 13.5. The minimum atomic E-state index is -1.11. The molecule has 5 nitrogen and oxygen atoms in total. The third kappa shape index (κ3) is 2.63. The van der Waals surface area contributed by atoms with Gasteiger partial charge in [-0.05, 0) is 35.9 Å². The summed E-state index contributed by atoms with van der Waals surface area (Å²) in [6.45, 7) is 0. The summed E-state index contributed by atoms with van der Waals surface area (Å²) >= 11 is 12.4. The van der Waals surface area contributed by atoms with Crippen molar-refractivity contribution in [3.8, 4) is 28.2 Å². The molecule has 1 aliphatic heterocycles. The van der Waals surface area contributed by atoms with Crippen molar-refractivity contribution in [2.45, 2.75) is 0 Å². The Morgan fingerprint density at radius 3 is 2.41 bits per heavy atom. The van der Waals surface area contributed by atoms with Crippen LogP contribution < -0.4 is 5.43 Å². The third-order valence-corrected chi connectivity index (χ3v) is 5.03. The molecule has 0 saturated carbocycles. The molecule has 0 spiro atoms. The van der Waals surface area contributed by atoms with Gasteiger partial charge in [0.1, 0.15) is 15.8 Å². The van der Waals surface area contributed by atoms with E-state index in [2.05, 4.69) is 0 Å². The van der Waals surface area contributed by atoms with Crippen LogP contribution in [-0.4, -0.2) is 16.2 Å². The van der Waals surface area contributed by atoms with Gasteiger partial charge >= 0.3 is 5.97 Å². The van der Waals surface area contributed by atoms with Crippen molar-refractivity contribution in [3.05, 3.63) is 74.4 Å². The van der Waals surface area contributed by atoms with E-state index >= 15 is 0 Å². The summed E-state index contributed by atoms with van der Waals surface area (Å²) in [5, 5.41) is 19.8. The zero-order valence-corrected chi connectivity index (χ0v) is 15.0. The van der Waals surface area contributed by atoms with Gasteiger partial charge in [-0.15, -0.1) is 0 Å². The van der Waals surface area contributed by atoms with Crippen LogP contribution in [0.3, 0.4) is 0 Å². The summed E-state index contributed by atoms with van der Waals surface area (Å²) in [5.41, 5.74) is 1.09. The lowest BCUT2D eigenvalue weighted by Gasteiger charge is -2.18. The van der Waals surface area contributed by atoms with Crippen LogP contribution in [0.15, 0.2) is 57.7 Å². The van der Waals surface area contributed by atoms with E-state index in [1.807, 2.05) is 0 Å². The zero-order chi connectivity index (χ0) is 19.3. The highest BCUT2D eigenvalue weighted by Crippen LogP contribution is 2.46. The fourth-order valence-corrected chi connectivity index (χ4v) is 3.51. The molecule has 4 rings (SSSR count). The molecule has 134 valence electrons. The molecule has 7 heteroatoms. The summed E-state index contributed by atoms with van der Waals surface area (Å²) in [6.07, 6.45) is 0. The fraction of sp³-hybridized carbons (Fsp3) is 0. The Labute approximate surface area is 162 Å². The maximum atomic E-state index is 12.0. The van der Waals surface area contributed by atoms with Crippen LogP contribution in [0.25, 0.3) is 33.4 Å². The van der Waals surface area contributed by atoms with E-state index < -0.39 is 11.4 Å². The Morgan fingerprint density at radius 1 is 0.926 bits per heavy atom. The summed E-state index contributed by atoms with van der Waals surface area (Å²) in [5.74, 6) is -1.25. The number of phenolic OH excluding ortho intramolecular Hbond substituents is 1. The summed E-state index contributed by atoms with van der Waals surface area (Å²) < 4.78 is 5.76. The first-order valence-corrected chi connectivity index (χ1v) is 8.55. The van der Waals surface area contributed by atoms with Crippen molar-refractivity contribution in [3.63, 3.8) is 0 Å². The molecule has 0 fully saturated rings. The van der Waals surface area contributed by atoms with E-state index in [9.17, 15) is 19.8 Å². The Bertz CT molecular complexity index is 1260. The van der Waals surface area contributed by atoms with Crippen molar-refractivity contribution >= 4 is 40.1 Å².